The highest BCUT2D eigenvalue weighted by Gasteiger charge is 2.33. The summed E-state index contributed by atoms with van der Waals surface area (Å²) in [6, 6.07) is 8.62. The van der Waals surface area contributed by atoms with Crippen molar-refractivity contribution in [2.24, 2.45) is 0 Å². The van der Waals surface area contributed by atoms with Crippen LogP contribution in [0, 0.1) is 12.7 Å². The van der Waals surface area contributed by atoms with E-state index in [1.165, 1.54) is 23.5 Å². The second-order valence-corrected chi connectivity index (χ2v) is 7.22. The van der Waals surface area contributed by atoms with E-state index in [1.807, 2.05) is 12.3 Å². The van der Waals surface area contributed by atoms with Crippen molar-refractivity contribution in [1.29, 1.82) is 0 Å². The third kappa shape index (κ3) is 5.54. The first kappa shape index (κ1) is 20.8. The number of nitrogens with one attached hydrogen (secondary N) is 1. The van der Waals surface area contributed by atoms with Crippen LogP contribution in [0.15, 0.2) is 47.8 Å². The summed E-state index contributed by atoms with van der Waals surface area (Å²) >= 11 is 1.50. The molecule has 3 aromatic rings. The van der Waals surface area contributed by atoms with E-state index in [4.69, 9.17) is 4.74 Å². The average Bonchev–Trinajstić information content (AvgIpc) is 3.10. The van der Waals surface area contributed by atoms with Gasteiger partial charge >= 0.3 is 6.18 Å². The number of alkyl halides is 3. The standard InChI is InChI=1S/C20H16F4N2O2S/c1-12-26-16(11-29-12)10-28-17-4-2-3-13(7-17)19(27)25-9-14-5-6-15(21)8-18(14)20(22,23)24/h2-8,11H,9-10H2,1H3,(H,25,27). The Morgan fingerprint density at radius 3 is 2.69 bits per heavy atom. The molecule has 3 rings (SSSR count). The van der Waals surface area contributed by atoms with Crippen LogP contribution in [0.2, 0.25) is 0 Å². The van der Waals surface area contributed by atoms with Crippen LogP contribution in [-0.4, -0.2) is 10.9 Å². The van der Waals surface area contributed by atoms with Crippen molar-refractivity contribution in [1.82, 2.24) is 10.3 Å². The molecule has 4 nitrogen and oxygen atoms in total. The lowest BCUT2D eigenvalue weighted by atomic mass is 10.1. The van der Waals surface area contributed by atoms with Crippen LogP contribution in [-0.2, 0) is 19.3 Å². The maximum absolute atomic E-state index is 13.2. The van der Waals surface area contributed by atoms with Gasteiger partial charge in [0.05, 0.1) is 16.3 Å². The minimum atomic E-state index is -4.72. The van der Waals surface area contributed by atoms with Gasteiger partial charge < -0.3 is 10.1 Å². The number of amides is 1. The van der Waals surface area contributed by atoms with E-state index in [2.05, 4.69) is 10.3 Å². The zero-order valence-electron chi connectivity index (χ0n) is 15.2. The quantitative estimate of drug-likeness (QED) is 0.559. The fourth-order valence-electron chi connectivity index (χ4n) is 2.60. The number of aromatic nitrogens is 1. The molecular weight excluding hydrogens is 408 g/mol. The number of hydrogen-bond donors (Lipinski definition) is 1. The Bertz CT molecular complexity index is 1020. The summed E-state index contributed by atoms with van der Waals surface area (Å²) in [5.74, 6) is -1.13. The van der Waals surface area contributed by atoms with Gasteiger partial charge in [0.1, 0.15) is 18.2 Å². The van der Waals surface area contributed by atoms with Crippen molar-refractivity contribution < 1.29 is 27.1 Å². The third-order valence-electron chi connectivity index (χ3n) is 3.97. The Balaban J connectivity index is 1.66. The lowest BCUT2D eigenvalue weighted by Gasteiger charge is -2.14. The third-order valence-corrected chi connectivity index (χ3v) is 4.79. The van der Waals surface area contributed by atoms with E-state index >= 15 is 0 Å². The van der Waals surface area contributed by atoms with E-state index < -0.39 is 30.0 Å². The van der Waals surface area contributed by atoms with Crippen LogP contribution in [0.4, 0.5) is 17.6 Å². The molecule has 1 amide bonds. The summed E-state index contributed by atoms with van der Waals surface area (Å²) in [7, 11) is 0. The molecular formula is C20H16F4N2O2S. The molecule has 0 aliphatic heterocycles. The summed E-state index contributed by atoms with van der Waals surface area (Å²) in [5.41, 5.74) is -0.349. The van der Waals surface area contributed by atoms with E-state index in [1.54, 1.807) is 12.1 Å². The molecule has 0 saturated heterocycles. The molecule has 1 N–H and O–H groups in total. The van der Waals surface area contributed by atoms with Gasteiger partial charge in [-0.15, -0.1) is 11.3 Å². The fourth-order valence-corrected chi connectivity index (χ4v) is 3.20. The molecule has 0 unspecified atom stereocenters. The van der Waals surface area contributed by atoms with E-state index in [-0.39, 0.29) is 17.7 Å². The molecule has 0 aliphatic rings. The predicted molar refractivity (Wildman–Crippen MR) is 100 cm³/mol. The SMILES string of the molecule is Cc1nc(COc2cccc(C(=O)NCc3ccc(F)cc3C(F)(F)F)c2)cs1. The monoisotopic (exact) mass is 424 g/mol. The summed E-state index contributed by atoms with van der Waals surface area (Å²) in [6.45, 7) is 1.72. The first-order chi connectivity index (χ1) is 13.7. The van der Waals surface area contributed by atoms with Crippen molar-refractivity contribution in [3.8, 4) is 5.75 Å². The number of halogens is 4. The zero-order valence-corrected chi connectivity index (χ0v) is 16.0. The first-order valence-corrected chi connectivity index (χ1v) is 9.38. The number of carbonyl (C=O) groups is 1. The highest BCUT2D eigenvalue weighted by atomic mass is 32.1. The van der Waals surface area contributed by atoms with Gasteiger partial charge in [0, 0.05) is 17.5 Å². The van der Waals surface area contributed by atoms with E-state index in [9.17, 15) is 22.4 Å². The normalized spacial score (nSPS) is 11.3. The number of rotatable bonds is 6. The van der Waals surface area contributed by atoms with Gasteiger partial charge in [0.25, 0.3) is 5.91 Å². The minimum Gasteiger partial charge on any atom is -0.487 e. The van der Waals surface area contributed by atoms with Crippen LogP contribution in [0.3, 0.4) is 0 Å². The molecule has 1 heterocycles. The molecule has 1 aromatic heterocycles. The highest BCUT2D eigenvalue weighted by Crippen LogP contribution is 2.32. The molecule has 2 aromatic carbocycles. The second-order valence-electron chi connectivity index (χ2n) is 6.16. The van der Waals surface area contributed by atoms with Crippen molar-refractivity contribution in [2.45, 2.75) is 26.3 Å². The Morgan fingerprint density at radius 1 is 1.21 bits per heavy atom. The van der Waals surface area contributed by atoms with Crippen molar-refractivity contribution in [2.75, 3.05) is 0 Å². The molecule has 0 bridgehead atoms. The maximum atomic E-state index is 13.2. The van der Waals surface area contributed by atoms with Gasteiger partial charge in [-0.3, -0.25) is 4.79 Å². The van der Waals surface area contributed by atoms with Crippen LogP contribution in [0.1, 0.15) is 32.2 Å². The molecule has 152 valence electrons. The highest BCUT2D eigenvalue weighted by molar-refractivity contribution is 7.09. The molecule has 29 heavy (non-hydrogen) atoms. The zero-order chi connectivity index (χ0) is 21.0. The van der Waals surface area contributed by atoms with E-state index in [0.29, 0.717) is 11.8 Å². The van der Waals surface area contributed by atoms with Crippen molar-refractivity contribution in [3.05, 3.63) is 81.1 Å². The van der Waals surface area contributed by atoms with Gasteiger partial charge in [-0.05, 0) is 42.8 Å². The fraction of sp³-hybridized carbons (Fsp3) is 0.200. The summed E-state index contributed by atoms with van der Waals surface area (Å²) in [4.78, 5) is 16.6. The van der Waals surface area contributed by atoms with Gasteiger partial charge in [0.15, 0.2) is 0 Å². The predicted octanol–water partition coefficient (Wildman–Crippen LogP) is 5.12. The topological polar surface area (TPSA) is 51.2 Å². The van der Waals surface area contributed by atoms with Crippen LogP contribution >= 0.6 is 11.3 Å². The maximum Gasteiger partial charge on any atom is 0.416 e. The number of ether oxygens (including phenoxy) is 1. The van der Waals surface area contributed by atoms with Crippen molar-refractivity contribution in [3.63, 3.8) is 0 Å². The smallest absolute Gasteiger partial charge is 0.416 e. The van der Waals surface area contributed by atoms with Crippen molar-refractivity contribution >= 4 is 17.2 Å². The summed E-state index contributed by atoms with van der Waals surface area (Å²) in [5, 5.41) is 5.20. The Morgan fingerprint density at radius 2 is 2.00 bits per heavy atom. The summed E-state index contributed by atoms with van der Waals surface area (Å²) < 4.78 is 58.0. The number of aryl methyl sites for hydroxylation is 1. The Kier molecular flexibility index (Phi) is 6.17. The van der Waals surface area contributed by atoms with Gasteiger partial charge in [-0.2, -0.15) is 13.2 Å². The molecule has 0 radical (unpaired) electrons. The largest absolute Gasteiger partial charge is 0.487 e. The van der Waals surface area contributed by atoms with Crippen LogP contribution in [0.25, 0.3) is 0 Å². The Hall–Kier alpha value is -2.94. The lowest BCUT2D eigenvalue weighted by molar-refractivity contribution is -0.138. The first-order valence-electron chi connectivity index (χ1n) is 8.50. The molecule has 0 aliphatic carbocycles. The minimum absolute atomic E-state index is 0.224. The second kappa shape index (κ2) is 8.60. The van der Waals surface area contributed by atoms with Gasteiger partial charge in [-0.1, -0.05) is 12.1 Å². The van der Waals surface area contributed by atoms with Crippen LogP contribution < -0.4 is 10.1 Å². The van der Waals surface area contributed by atoms with E-state index in [0.717, 1.165) is 22.8 Å². The lowest BCUT2D eigenvalue weighted by Crippen LogP contribution is -2.24. The number of benzene rings is 2. The number of nitrogens with zero attached hydrogens (tertiary/aromatic N) is 1. The Labute approximate surface area is 168 Å². The van der Waals surface area contributed by atoms with Gasteiger partial charge in [0.2, 0.25) is 0 Å². The average molecular weight is 424 g/mol. The number of carbonyl (C=O) groups excluding carboxylic acids is 1. The molecule has 0 fully saturated rings. The van der Waals surface area contributed by atoms with Gasteiger partial charge in [-0.25, -0.2) is 9.37 Å². The number of thiazole rings is 1. The molecule has 0 saturated carbocycles. The molecule has 0 atom stereocenters. The molecule has 9 heteroatoms. The molecule has 0 spiro atoms. The van der Waals surface area contributed by atoms with Crippen LogP contribution in [0.5, 0.6) is 5.75 Å². The number of hydrogen-bond acceptors (Lipinski definition) is 4. The summed E-state index contributed by atoms with van der Waals surface area (Å²) in [6.07, 6.45) is -4.72.